The molecule has 4 heteroatoms. The lowest BCUT2D eigenvalue weighted by molar-refractivity contribution is 1.07. The van der Waals surface area contributed by atoms with Gasteiger partial charge in [0.25, 0.3) is 0 Å². The van der Waals surface area contributed by atoms with E-state index in [1.165, 1.54) is 16.9 Å². The smallest absolute Gasteiger partial charge is 0.180 e. The molecule has 3 N–H and O–H groups in total. The molecule has 0 spiro atoms. The minimum atomic E-state index is 0.623. The zero-order valence-corrected chi connectivity index (χ0v) is 10.1. The molecule has 0 aliphatic carbocycles. The van der Waals surface area contributed by atoms with Crippen molar-refractivity contribution >= 4 is 22.2 Å². The van der Waals surface area contributed by atoms with Crippen LogP contribution in [0.2, 0.25) is 0 Å². The Hall–Kier alpha value is -1.55. The van der Waals surface area contributed by atoms with Crippen molar-refractivity contribution in [3.8, 4) is 0 Å². The quantitative estimate of drug-likeness (QED) is 0.853. The number of thiazole rings is 1. The molecule has 0 aliphatic rings. The number of nitrogen functional groups attached to an aromatic ring is 1. The maximum Gasteiger partial charge on any atom is 0.180 e. The average molecular weight is 233 g/mol. The fraction of sp³-hybridized carbons (Fsp3) is 0.250. The Labute approximate surface area is 99.3 Å². The maximum atomic E-state index is 5.57. The van der Waals surface area contributed by atoms with Crippen molar-refractivity contribution in [3.05, 3.63) is 40.9 Å². The first-order chi connectivity index (χ1) is 7.78. The molecule has 2 rings (SSSR count). The molecule has 2 aromatic rings. The fourth-order valence-electron chi connectivity index (χ4n) is 1.45. The highest BCUT2D eigenvalue weighted by Crippen LogP contribution is 2.14. The lowest BCUT2D eigenvalue weighted by Crippen LogP contribution is -2.00. The third kappa shape index (κ3) is 2.73. The van der Waals surface area contributed by atoms with E-state index >= 15 is 0 Å². The Kier molecular flexibility index (Phi) is 3.41. The summed E-state index contributed by atoms with van der Waals surface area (Å²) in [5.74, 6) is 0. The van der Waals surface area contributed by atoms with Crippen molar-refractivity contribution < 1.29 is 0 Å². The van der Waals surface area contributed by atoms with E-state index in [4.69, 9.17) is 5.73 Å². The van der Waals surface area contributed by atoms with E-state index in [0.717, 1.165) is 24.3 Å². The molecule has 3 nitrogen and oxygen atoms in total. The summed E-state index contributed by atoms with van der Waals surface area (Å²) in [6.07, 6.45) is 1.07. The van der Waals surface area contributed by atoms with Gasteiger partial charge in [0.15, 0.2) is 5.13 Å². The van der Waals surface area contributed by atoms with Crippen LogP contribution in [-0.2, 0) is 13.0 Å². The van der Waals surface area contributed by atoms with E-state index < -0.39 is 0 Å². The second kappa shape index (κ2) is 4.99. The number of hydrogen-bond donors (Lipinski definition) is 2. The number of aryl methyl sites for hydroxylation is 1. The van der Waals surface area contributed by atoms with Gasteiger partial charge in [-0.3, -0.25) is 0 Å². The van der Waals surface area contributed by atoms with Crippen LogP contribution in [0.3, 0.4) is 0 Å². The summed E-state index contributed by atoms with van der Waals surface area (Å²) in [5, 5.41) is 5.91. The van der Waals surface area contributed by atoms with Crippen LogP contribution < -0.4 is 11.1 Å². The van der Waals surface area contributed by atoms with E-state index in [-0.39, 0.29) is 0 Å². The van der Waals surface area contributed by atoms with Gasteiger partial charge < -0.3 is 11.1 Å². The summed E-state index contributed by atoms with van der Waals surface area (Å²) < 4.78 is 0. The third-order valence-electron chi connectivity index (χ3n) is 2.41. The Balaban J connectivity index is 1.94. The van der Waals surface area contributed by atoms with E-state index in [1.807, 2.05) is 5.38 Å². The van der Waals surface area contributed by atoms with Crippen LogP contribution >= 0.6 is 11.3 Å². The number of nitrogens with zero attached hydrogens (tertiary/aromatic N) is 1. The zero-order valence-electron chi connectivity index (χ0n) is 9.23. The van der Waals surface area contributed by atoms with Gasteiger partial charge in [-0.05, 0) is 24.1 Å². The largest absolute Gasteiger partial charge is 0.379 e. The van der Waals surface area contributed by atoms with Gasteiger partial charge in [0.2, 0.25) is 0 Å². The maximum absolute atomic E-state index is 5.57. The number of nitrogens with one attached hydrogen (secondary N) is 1. The van der Waals surface area contributed by atoms with Crippen LogP contribution in [0.15, 0.2) is 29.6 Å². The van der Waals surface area contributed by atoms with Crippen molar-refractivity contribution in [3.63, 3.8) is 0 Å². The van der Waals surface area contributed by atoms with Crippen LogP contribution in [0.1, 0.15) is 18.2 Å². The molecule has 0 fully saturated rings. The average Bonchev–Trinajstić information content (AvgIpc) is 2.73. The van der Waals surface area contributed by atoms with E-state index in [0.29, 0.717) is 5.13 Å². The van der Waals surface area contributed by atoms with Crippen molar-refractivity contribution in [2.45, 2.75) is 19.9 Å². The molecule has 1 aromatic carbocycles. The van der Waals surface area contributed by atoms with Crippen molar-refractivity contribution in [2.24, 2.45) is 0 Å². The Morgan fingerprint density at radius 3 is 2.62 bits per heavy atom. The van der Waals surface area contributed by atoms with E-state index in [2.05, 4.69) is 41.5 Å². The van der Waals surface area contributed by atoms with Crippen molar-refractivity contribution in [1.82, 2.24) is 4.98 Å². The molecule has 0 atom stereocenters. The van der Waals surface area contributed by atoms with Crippen molar-refractivity contribution in [1.29, 1.82) is 0 Å². The summed E-state index contributed by atoms with van der Waals surface area (Å²) in [6.45, 7) is 2.87. The molecule has 0 aliphatic heterocycles. The summed E-state index contributed by atoms with van der Waals surface area (Å²) in [6, 6.07) is 8.46. The number of benzene rings is 1. The minimum Gasteiger partial charge on any atom is -0.379 e. The normalized spacial score (nSPS) is 10.3. The first-order valence-corrected chi connectivity index (χ1v) is 6.18. The SMILES string of the molecule is CCc1ccc(NCc2csc(N)n2)cc1. The molecular formula is C12H15N3S. The second-order valence-electron chi connectivity index (χ2n) is 3.58. The lowest BCUT2D eigenvalue weighted by Gasteiger charge is -2.05. The van der Waals surface area contributed by atoms with E-state index in [1.54, 1.807) is 0 Å². The Morgan fingerprint density at radius 1 is 1.31 bits per heavy atom. The summed E-state index contributed by atoms with van der Waals surface area (Å²) in [4.78, 5) is 4.19. The van der Waals surface area contributed by atoms with Gasteiger partial charge in [-0.1, -0.05) is 19.1 Å². The number of rotatable bonds is 4. The van der Waals surface area contributed by atoms with Gasteiger partial charge in [0.05, 0.1) is 12.2 Å². The van der Waals surface area contributed by atoms with Crippen LogP contribution in [0.25, 0.3) is 0 Å². The molecule has 0 radical (unpaired) electrons. The fourth-order valence-corrected chi connectivity index (χ4v) is 2.02. The molecule has 0 unspecified atom stereocenters. The standard InChI is InChI=1S/C12H15N3S/c1-2-9-3-5-10(6-4-9)14-7-11-8-16-12(13)15-11/h3-6,8,14H,2,7H2,1H3,(H2,13,15). The highest BCUT2D eigenvalue weighted by Gasteiger charge is 1.98. The molecule has 0 amide bonds. The van der Waals surface area contributed by atoms with Crippen LogP contribution in [0.4, 0.5) is 10.8 Å². The molecule has 1 heterocycles. The third-order valence-corrected chi connectivity index (χ3v) is 3.13. The van der Waals surface area contributed by atoms with Gasteiger partial charge >= 0.3 is 0 Å². The molecule has 0 saturated heterocycles. The first-order valence-electron chi connectivity index (χ1n) is 5.30. The summed E-state index contributed by atoms with van der Waals surface area (Å²) in [7, 11) is 0. The molecule has 16 heavy (non-hydrogen) atoms. The van der Waals surface area contributed by atoms with Crippen LogP contribution in [0, 0.1) is 0 Å². The monoisotopic (exact) mass is 233 g/mol. The highest BCUT2D eigenvalue weighted by atomic mass is 32.1. The topological polar surface area (TPSA) is 50.9 Å². The van der Waals surface area contributed by atoms with Gasteiger partial charge in [-0.25, -0.2) is 4.98 Å². The number of nitrogens with two attached hydrogens (primary N) is 1. The van der Waals surface area contributed by atoms with Gasteiger partial charge in [-0.2, -0.15) is 0 Å². The first kappa shape index (κ1) is 11.0. The molecule has 1 aromatic heterocycles. The summed E-state index contributed by atoms with van der Waals surface area (Å²) in [5.41, 5.74) is 9.02. The molecular weight excluding hydrogens is 218 g/mol. The Bertz CT molecular complexity index is 448. The Morgan fingerprint density at radius 2 is 2.06 bits per heavy atom. The molecule has 0 saturated carbocycles. The summed E-state index contributed by atoms with van der Waals surface area (Å²) >= 11 is 1.47. The van der Waals surface area contributed by atoms with Crippen LogP contribution in [-0.4, -0.2) is 4.98 Å². The minimum absolute atomic E-state index is 0.623. The van der Waals surface area contributed by atoms with E-state index in [9.17, 15) is 0 Å². The van der Waals surface area contributed by atoms with Crippen molar-refractivity contribution in [2.75, 3.05) is 11.1 Å². The zero-order chi connectivity index (χ0) is 11.4. The van der Waals surface area contributed by atoms with Gasteiger partial charge in [0.1, 0.15) is 0 Å². The molecule has 0 bridgehead atoms. The molecule has 84 valence electrons. The number of anilines is 2. The second-order valence-corrected chi connectivity index (χ2v) is 4.47. The number of hydrogen-bond acceptors (Lipinski definition) is 4. The number of aromatic nitrogens is 1. The lowest BCUT2D eigenvalue weighted by atomic mass is 10.1. The van der Waals surface area contributed by atoms with Gasteiger partial charge in [0, 0.05) is 11.1 Å². The van der Waals surface area contributed by atoms with Crippen LogP contribution in [0.5, 0.6) is 0 Å². The predicted octanol–water partition coefficient (Wildman–Crippen LogP) is 2.90. The highest BCUT2D eigenvalue weighted by molar-refractivity contribution is 7.13. The predicted molar refractivity (Wildman–Crippen MR) is 69.7 cm³/mol. The van der Waals surface area contributed by atoms with Gasteiger partial charge in [-0.15, -0.1) is 11.3 Å².